The van der Waals surface area contributed by atoms with Crippen LogP contribution in [0.5, 0.6) is 0 Å². The van der Waals surface area contributed by atoms with Crippen molar-refractivity contribution in [3.05, 3.63) is 23.1 Å². The highest BCUT2D eigenvalue weighted by molar-refractivity contribution is 5.97. The van der Waals surface area contributed by atoms with E-state index in [1.165, 1.54) is 0 Å². The van der Waals surface area contributed by atoms with Crippen molar-refractivity contribution in [2.75, 3.05) is 0 Å². The molecule has 4 heteroatoms. The predicted octanol–water partition coefficient (Wildman–Crippen LogP) is 1.79. The second kappa shape index (κ2) is 3.15. The number of imidazole rings is 1. The lowest BCUT2D eigenvalue weighted by Gasteiger charge is -2.01. The van der Waals surface area contributed by atoms with Crippen molar-refractivity contribution in [3.63, 3.8) is 0 Å². The van der Waals surface area contributed by atoms with Crippen LogP contribution in [0.3, 0.4) is 0 Å². The van der Waals surface area contributed by atoms with E-state index >= 15 is 0 Å². The van der Waals surface area contributed by atoms with Crippen LogP contribution in [0, 0.1) is 13.8 Å². The van der Waals surface area contributed by atoms with E-state index in [1.807, 2.05) is 31.5 Å². The predicted molar refractivity (Wildman–Crippen MR) is 58.0 cm³/mol. The van der Waals surface area contributed by atoms with Gasteiger partial charge in [-0.3, -0.25) is 4.79 Å². The van der Waals surface area contributed by atoms with E-state index in [4.69, 9.17) is 0 Å². The summed E-state index contributed by atoms with van der Waals surface area (Å²) in [5.74, 6) is 0.943. The molecule has 4 nitrogen and oxygen atoms in total. The molecule has 0 amide bonds. The Morgan fingerprint density at radius 1 is 1.33 bits per heavy atom. The van der Waals surface area contributed by atoms with E-state index < -0.39 is 0 Å². The van der Waals surface area contributed by atoms with E-state index in [0.29, 0.717) is 11.2 Å². The SMILES string of the molecule is CC(=O)c1cc2c(nc1C)nc(C)n2C. The number of carbonyl (C=O) groups is 1. The van der Waals surface area contributed by atoms with Crippen molar-refractivity contribution in [3.8, 4) is 0 Å². The highest BCUT2D eigenvalue weighted by atomic mass is 16.1. The van der Waals surface area contributed by atoms with Gasteiger partial charge < -0.3 is 4.57 Å². The topological polar surface area (TPSA) is 47.8 Å². The zero-order chi connectivity index (χ0) is 11.2. The van der Waals surface area contributed by atoms with Gasteiger partial charge in [0, 0.05) is 12.6 Å². The Labute approximate surface area is 88.0 Å². The van der Waals surface area contributed by atoms with Gasteiger partial charge in [-0.25, -0.2) is 9.97 Å². The normalized spacial score (nSPS) is 10.9. The lowest BCUT2D eigenvalue weighted by molar-refractivity contribution is 0.101. The van der Waals surface area contributed by atoms with Crippen LogP contribution in [0.4, 0.5) is 0 Å². The molecule has 0 unspecified atom stereocenters. The molecule has 2 aromatic heterocycles. The van der Waals surface area contributed by atoms with Crippen molar-refractivity contribution < 1.29 is 4.79 Å². The number of aromatic nitrogens is 3. The molecule has 78 valence electrons. The molecular formula is C11H13N3O. The maximum absolute atomic E-state index is 11.4. The molecule has 15 heavy (non-hydrogen) atoms. The minimum absolute atomic E-state index is 0.0424. The molecule has 0 saturated heterocycles. The number of ketones is 1. The Bertz CT molecular complexity index is 554. The number of carbonyl (C=O) groups excluding carboxylic acids is 1. The van der Waals surface area contributed by atoms with Crippen LogP contribution in [0.2, 0.25) is 0 Å². The minimum Gasteiger partial charge on any atom is -0.330 e. The second-order valence-corrected chi connectivity index (χ2v) is 3.74. The van der Waals surface area contributed by atoms with E-state index in [1.54, 1.807) is 6.92 Å². The molecule has 0 atom stereocenters. The van der Waals surface area contributed by atoms with Gasteiger partial charge >= 0.3 is 0 Å². The molecule has 2 aromatic rings. The number of hydrogen-bond acceptors (Lipinski definition) is 3. The Kier molecular flexibility index (Phi) is 2.07. The average molecular weight is 203 g/mol. The molecule has 0 aromatic carbocycles. The monoisotopic (exact) mass is 203 g/mol. The summed E-state index contributed by atoms with van der Waals surface area (Å²) in [6.07, 6.45) is 0. The van der Waals surface area contributed by atoms with Gasteiger partial charge in [-0.2, -0.15) is 0 Å². The first kappa shape index (κ1) is 9.83. The fourth-order valence-corrected chi connectivity index (χ4v) is 1.67. The van der Waals surface area contributed by atoms with Crippen LogP contribution in [-0.2, 0) is 7.05 Å². The van der Waals surface area contributed by atoms with Gasteiger partial charge in [0.25, 0.3) is 0 Å². The van der Waals surface area contributed by atoms with Crippen LogP contribution in [0.25, 0.3) is 11.2 Å². The standard InChI is InChI=1S/C11H13N3O/c1-6-9(7(2)15)5-10-11(12-6)13-8(3)14(10)4/h5H,1-4H3. The van der Waals surface area contributed by atoms with Gasteiger partial charge in [0.05, 0.1) is 11.2 Å². The third kappa shape index (κ3) is 1.42. The maximum atomic E-state index is 11.4. The van der Waals surface area contributed by atoms with Crippen LogP contribution in [-0.4, -0.2) is 20.3 Å². The van der Waals surface area contributed by atoms with Gasteiger partial charge in [0.1, 0.15) is 5.82 Å². The molecule has 0 aliphatic heterocycles. The van der Waals surface area contributed by atoms with Crippen molar-refractivity contribution in [2.45, 2.75) is 20.8 Å². The summed E-state index contributed by atoms with van der Waals surface area (Å²) in [7, 11) is 1.92. The van der Waals surface area contributed by atoms with Crippen molar-refractivity contribution in [1.82, 2.24) is 14.5 Å². The fraction of sp³-hybridized carbons (Fsp3) is 0.364. The Morgan fingerprint density at radius 3 is 2.60 bits per heavy atom. The minimum atomic E-state index is 0.0424. The number of hydrogen-bond donors (Lipinski definition) is 0. The van der Waals surface area contributed by atoms with E-state index in [0.717, 1.165) is 17.0 Å². The lowest BCUT2D eigenvalue weighted by Crippen LogP contribution is -2.00. The van der Waals surface area contributed by atoms with Crippen LogP contribution in [0.1, 0.15) is 28.8 Å². The third-order valence-corrected chi connectivity index (χ3v) is 2.67. The number of nitrogens with zero attached hydrogens (tertiary/aromatic N) is 3. The molecule has 0 saturated carbocycles. The molecule has 0 aliphatic carbocycles. The number of Topliss-reactive ketones (excluding diaryl/α,β-unsaturated/α-hetero) is 1. The van der Waals surface area contributed by atoms with Crippen molar-refractivity contribution in [2.24, 2.45) is 7.05 Å². The third-order valence-electron chi connectivity index (χ3n) is 2.67. The van der Waals surface area contributed by atoms with E-state index in [-0.39, 0.29) is 5.78 Å². The molecule has 0 N–H and O–H groups in total. The number of aryl methyl sites for hydroxylation is 3. The average Bonchev–Trinajstić information content (AvgIpc) is 2.41. The summed E-state index contributed by atoms with van der Waals surface area (Å²) in [4.78, 5) is 20.0. The molecule has 0 spiro atoms. The number of rotatable bonds is 1. The van der Waals surface area contributed by atoms with Crippen LogP contribution >= 0.6 is 0 Å². The summed E-state index contributed by atoms with van der Waals surface area (Å²) in [6.45, 7) is 5.31. The van der Waals surface area contributed by atoms with Gasteiger partial charge in [-0.1, -0.05) is 0 Å². The first-order valence-corrected chi connectivity index (χ1v) is 4.82. The summed E-state index contributed by atoms with van der Waals surface area (Å²) in [6, 6.07) is 1.86. The Balaban J connectivity index is 2.83. The number of pyridine rings is 1. The Morgan fingerprint density at radius 2 is 2.00 bits per heavy atom. The summed E-state index contributed by atoms with van der Waals surface area (Å²) in [5, 5.41) is 0. The maximum Gasteiger partial charge on any atom is 0.178 e. The quantitative estimate of drug-likeness (QED) is 0.664. The van der Waals surface area contributed by atoms with Gasteiger partial charge in [-0.15, -0.1) is 0 Å². The smallest absolute Gasteiger partial charge is 0.178 e. The summed E-state index contributed by atoms with van der Waals surface area (Å²) in [5.41, 5.74) is 3.03. The van der Waals surface area contributed by atoms with Crippen molar-refractivity contribution in [1.29, 1.82) is 0 Å². The Hall–Kier alpha value is -1.71. The zero-order valence-corrected chi connectivity index (χ0v) is 9.33. The fourth-order valence-electron chi connectivity index (χ4n) is 1.67. The molecule has 0 bridgehead atoms. The largest absolute Gasteiger partial charge is 0.330 e. The summed E-state index contributed by atoms with van der Waals surface area (Å²) < 4.78 is 1.94. The molecule has 2 heterocycles. The van der Waals surface area contributed by atoms with Gasteiger partial charge in [-0.05, 0) is 26.8 Å². The summed E-state index contributed by atoms with van der Waals surface area (Å²) >= 11 is 0. The second-order valence-electron chi connectivity index (χ2n) is 3.74. The van der Waals surface area contributed by atoms with Crippen LogP contribution < -0.4 is 0 Å². The molecule has 2 rings (SSSR count). The molecule has 0 fully saturated rings. The van der Waals surface area contributed by atoms with Crippen molar-refractivity contribution >= 4 is 16.9 Å². The van der Waals surface area contributed by atoms with E-state index in [9.17, 15) is 4.79 Å². The zero-order valence-electron chi connectivity index (χ0n) is 9.33. The highest BCUT2D eigenvalue weighted by Gasteiger charge is 2.11. The van der Waals surface area contributed by atoms with E-state index in [2.05, 4.69) is 9.97 Å². The van der Waals surface area contributed by atoms with Gasteiger partial charge in [0.2, 0.25) is 0 Å². The number of fused-ring (bicyclic) bond motifs is 1. The highest BCUT2D eigenvalue weighted by Crippen LogP contribution is 2.17. The van der Waals surface area contributed by atoms with Gasteiger partial charge in [0.15, 0.2) is 11.4 Å². The van der Waals surface area contributed by atoms with Crippen LogP contribution in [0.15, 0.2) is 6.07 Å². The first-order valence-electron chi connectivity index (χ1n) is 4.82. The molecule has 0 radical (unpaired) electrons. The molecule has 0 aliphatic rings. The first-order chi connectivity index (χ1) is 7.00. The molecular weight excluding hydrogens is 190 g/mol. The lowest BCUT2D eigenvalue weighted by atomic mass is 10.1.